The third kappa shape index (κ3) is 3.55. The fraction of sp³-hybridized carbons (Fsp3) is 0.118. The van der Waals surface area contributed by atoms with Crippen LogP contribution < -0.4 is 10.6 Å². The van der Waals surface area contributed by atoms with E-state index >= 15 is 0 Å². The molecule has 0 unspecified atom stereocenters. The summed E-state index contributed by atoms with van der Waals surface area (Å²) in [5.41, 5.74) is 2.43. The number of aromatic amines is 1. The summed E-state index contributed by atoms with van der Waals surface area (Å²) in [5, 5.41) is 6.27. The number of hydrogen-bond donors (Lipinski definition) is 3. The number of H-pyrrole nitrogens is 1. The maximum atomic E-state index is 11.9. The van der Waals surface area contributed by atoms with Crippen LogP contribution in [0.25, 0.3) is 10.9 Å². The highest BCUT2D eigenvalue weighted by molar-refractivity contribution is 6.41. The van der Waals surface area contributed by atoms with Crippen molar-refractivity contribution >= 4 is 40.0 Å². The quantitative estimate of drug-likeness (QED) is 0.503. The molecule has 2 heterocycles. The minimum atomic E-state index is -0.774. The Morgan fingerprint density at radius 3 is 2.79 bits per heavy atom. The first-order valence-electron chi connectivity index (χ1n) is 7.40. The van der Waals surface area contributed by atoms with Crippen LogP contribution in [0.3, 0.4) is 0 Å². The molecule has 3 rings (SSSR count). The van der Waals surface area contributed by atoms with Crippen molar-refractivity contribution in [1.29, 1.82) is 0 Å². The first kappa shape index (κ1) is 16.0. The molecule has 0 aliphatic rings. The van der Waals surface area contributed by atoms with E-state index in [1.54, 1.807) is 12.1 Å². The number of carbonyl (C=O) groups is 2. The Balaban J connectivity index is 1.54. The topological polar surface area (TPSA) is 86.9 Å². The highest BCUT2D eigenvalue weighted by atomic mass is 35.5. The SMILES string of the molecule is O=C(NCCc1c[nH]c2ccccc12)C(=O)Nc1cccnc1Cl. The third-order valence-corrected chi connectivity index (χ3v) is 3.87. The predicted molar refractivity (Wildman–Crippen MR) is 92.9 cm³/mol. The molecule has 3 aromatic rings. The lowest BCUT2D eigenvalue weighted by Gasteiger charge is -2.07. The lowest BCUT2D eigenvalue weighted by molar-refractivity contribution is -0.136. The molecule has 0 spiro atoms. The monoisotopic (exact) mass is 342 g/mol. The number of amides is 2. The van der Waals surface area contributed by atoms with Crippen molar-refractivity contribution in [3.8, 4) is 0 Å². The number of carbonyl (C=O) groups excluding carboxylic acids is 2. The Hall–Kier alpha value is -2.86. The second kappa shape index (κ2) is 7.14. The van der Waals surface area contributed by atoms with Crippen LogP contribution in [0.1, 0.15) is 5.56 Å². The molecule has 0 atom stereocenters. The molecule has 0 bridgehead atoms. The largest absolute Gasteiger partial charge is 0.361 e. The summed E-state index contributed by atoms with van der Waals surface area (Å²) in [5.74, 6) is -1.49. The van der Waals surface area contributed by atoms with Gasteiger partial charge in [0.25, 0.3) is 0 Å². The van der Waals surface area contributed by atoms with Crippen molar-refractivity contribution < 1.29 is 9.59 Å². The molecule has 122 valence electrons. The second-order valence-electron chi connectivity index (χ2n) is 5.16. The fourth-order valence-corrected chi connectivity index (χ4v) is 2.55. The standard InChI is InChI=1S/C17H15ClN4O2/c18-15-14(6-3-8-19-15)22-17(24)16(23)20-9-7-11-10-21-13-5-2-1-4-12(11)13/h1-6,8,10,21H,7,9H2,(H,20,23)(H,22,24). The summed E-state index contributed by atoms with van der Waals surface area (Å²) in [6, 6.07) is 11.1. The predicted octanol–water partition coefficient (Wildman–Crippen LogP) is 2.51. The molecule has 1 aromatic carbocycles. The molecule has 7 heteroatoms. The van der Waals surface area contributed by atoms with E-state index in [4.69, 9.17) is 11.6 Å². The van der Waals surface area contributed by atoms with Gasteiger partial charge in [-0.2, -0.15) is 0 Å². The molecule has 6 nitrogen and oxygen atoms in total. The van der Waals surface area contributed by atoms with Crippen molar-refractivity contribution in [2.75, 3.05) is 11.9 Å². The van der Waals surface area contributed by atoms with Crippen molar-refractivity contribution in [1.82, 2.24) is 15.3 Å². The number of hydrogen-bond acceptors (Lipinski definition) is 3. The maximum Gasteiger partial charge on any atom is 0.313 e. The molecular weight excluding hydrogens is 328 g/mol. The van der Waals surface area contributed by atoms with Crippen LogP contribution >= 0.6 is 11.6 Å². The number of rotatable bonds is 4. The van der Waals surface area contributed by atoms with Crippen molar-refractivity contribution in [2.24, 2.45) is 0 Å². The van der Waals surface area contributed by atoms with Gasteiger partial charge in [0.1, 0.15) is 0 Å². The van der Waals surface area contributed by atoms with Gasteiger partial charge in [-0.3, -0.25) is 9.59 Å². The minimum absolute atomic E-state index is 0.137. The van der Waals surface area contributed by atoms with Crippen LogP contribution in [-0.2, 0) is 16.0 Å². The molecule has 0 fully saturated rings. The van der Waals surface area contributed by atoms with E-state index in [2.05, 4.69) is 20.6 Å². The van der Waals surface area contributed by atoms with Crippen molar-refractivity contribution in [3.05, 3.63) is 59.5 Å². The van der Waals surface area contributed by atoms with E-state index in [-0.39, 0.29) is 5.15 Å². The number of halogens is 1. The molecule has 2 amide bonds. The smallest absolute Gasteiger partial charge is 0.313 e. The van der Waals surface area contributed by atoms with E-state index in [1.807, 2.05) is 30.5 Å². The zero-order valence-corrected chi connectivity index (χ0v) is 13.4. The number of fused-ring (bicyclic) bond motifs is 1. The summed E-state index contributed by atoms with van der Waals surface area (Å²) >= 11 is 5.84. The van der Waals surface area contributed by atoms with E-state index in [0.29, 0.717) is 18.7 Å². The lowest BCUT2D eigenvalue weighted by atomic mass is 10.1. The van der Waals surface area contributed by atoms with Gasteiger partial charge in [0.2, 0.25) is 0 Å². The van der Waals surface area contributed by atoms with Crippen LogP contribution in [0, 0.1) is 0 Å². The Labute approximate surface area is 143 Å². The number of anilines is 1. The van der Waals surface area contributed by atoms with Gasteiger partial charge in [-0.25, -0.2) is 4.98 Å². The summed E-state index contributed by atoms with van der Waals surface area (Å²) in [6.07, 6.45) is 4.03. The lowest BCUT2D eigenvalue weighted by Crippen LogP contribution is -2.36. The molecule has 24 heavy (non-hydrogen) atoms. The van der Waals surface area contributed by atoms with Crippen molar-refractivity contribution in [2.45, 2.75) is 6.42 Å². The molecule has 2 aromatic heterocycles. The van der Waals surface area contributed by atoms with Gasteiger partial charge in [-0.05, 0) is 30.2 Å². The van der Waals surface area contributed by atoms with Gasteiger partial charge >= 0.3 is 11.8 Å². The van der Waals surface area contributed by atoms with E-state index in [9.17, 15) is 9.59 Å². The van der Waals surface area contributed by atoms with Crippen LogP contribution in [0.15, 0.2) is 48.8 Å². The number of para-hydroxylation sites is 1. The zero-order valence-electron chi connectivity index (χ0n) is 12.7. The Morgan fingerprint density at radius 2 is 1.96 bits per heavy atom. The van der Waals surface area contributed by atoms with Crippen LogP contribution in [0.5, 0.6) is 0 Å². The van der Waals surface area contributed by atoms with Gasteiger partial charge in [0, 0.05) is 29.8 Å². The van der Waals surface area contributed by atoms with Crippen LogP contribution in [0.4, 0.5) is 5.69 Å². The highest BCUT2D eigenvalue weighted by Gasteiger charge is 2.15. The average Bonchev–Trinajstić information content (AvgIpc) is 3.00. The van der Waals surface area contributed by atoms with Gasteiger partial charge in [0.05, 0.1) is 5.69 Å². The first-order chi connectivity index (χ1) is 11.6. The van der Waals surface area contributed by atoms with E-state index in [1.165, 1.54) is 6.20 Å². The molecule has 3 N–H and O–H groups in total. The van der Waals surface area contributed by atoms with Crippen LogP contribution in [-0.4, -0.2) is 28.3 Å². The molecule has 0 aliphatic heterocycles. The molecule has 0 aliphatic carbocycles. The number of benzene rings is 1. The van der Waals surface area contributed by atoms with Gasteiger partial charge < -0.3 is 15.6 Å². The van der Waals surface area contributed by atoms with Gasteiger partial charge in [-0.1, -0.05) is 29.8 Å². The molecule has 0 saturated heterocycles. The summed E-state index contributed by atoms with van der Waals surface area (Å²) in [4.78, 5) is 30.7. The fourth-order valence-electron chi connectivity index (χ4n) is 2.39. The van der Waals surface area contributed by atoms with Gasteiger partial charge in [0.15, 0.2) is 5.15 Å². The molecule has 0 saturated carbocycles. The Bertz CT molecular complexity index is 891. The summed E-state index contributed by atoms with van der Waals surface area (Å²) in [7, 11) is 0. The Kier molecular flexibility index (Phi) is 4.77. The molecule has 0 radical (unpaired) electrons. The summed E-state index contributed by atoms with van der Waals surface area (Å²) < 4.78 is 0. The average molecular weight is 343 g/mol. The third-order valence-electron chi connectivity index (χ3n) is 3.57. The normalized spacial score (nSPS) is 10.5. The van der Waals surface area contributed by atoms with Crippen molar-refractivity contribution in [3.63, 3.8) is 0 Å². The maximum absolute atomic E-state index is 11.9. The first-order valence-corrected chi connectivity index (χ1v) is 7.77. The Morgan fingerprint density at radius 1 is 1.12 bits per heavy atom. The van der Waals surface area contributed by atoms with Gasteiger partial charge in [-0.15, -0.1) is 0 Å². The number of nitrogens with zero attached hydrogens (tertiary/aromatic N) is 1. The zero-order chi connectivity index (χ0) is 16.9. The molecular formula is C17H15ClN4O2. The number of aromatic nitrogens is 2. The van der Waals surface area contributed by atoms with Crippen LogP contribution in [0.2, 0.25) is 5.15 Å². The number of pyridine rings is 1. The minimum Gasteiger partial charge on any atom is -0.361 e. The van der Waals surface area contributed by atoms with E-state index < -0.39 is 11.8 Å². The van der Waals surface area contributed by atoms with E-state index in [0.717, 1.165) is 16.5 Å². The second-order valence-corrected chi connectivity index (χ2v) is 5.52. The summed E-state index contributed by atoms with van der Waals surface area (Å²) in [6.45, 7) is 0.356. The number of nitrogens with one attached hydrogen (secondary N) is 3. The highest BCUT2D eigenvalue weighted by Crippen LogP contribution is 2.18.